The van der Waals surface area contributed by atoms with Crippen LogP contribution in [0, 0.1) is 0 Å². The molecule has 1 aromatic rings. The quantitative estimate of drug-likeness (QED) is 0.795. The van der Waals surface area contributed by atoms with Gasteiger partial charge in [0.05, 0.1) is 0 Å². The van der Waals surface area contributed by atoms with Crippen LogP contribution < -0.4 is 0 Å². The predicted molar refractivity (Wildman–Crippen MR) is 72.4 cm³/mol. The Balaban J connectivity index is 2.05. The molecule has 0 N–H and O–H groups in total. The van der Waals surface area contributed by atoms with Gasteiger partial charge >= 0.3 is 0 Å². The lowest BCUT2D eigenvalue weighted by atomic mass is 9.72. The van der Waals surface area contributed by atoms with Crippen molar-refractivity contribution in [2.45, 2.75) is 50.6 Å². The van der Waals surface area contributed by atoms with E-state index in [2.05, 4.69) is 36.1 Å². The van der Waals surface area contributed by atoms with Gasteiger partial charge < -0.3 is 0 Å². The molecule has 1 unspecified atom stereocenters. The Hall–Kier alpha value is -1.15. The monoisotopic (exact) mass is 243 g/mol. The number of benzene rings is 1. The van der Waals surface area contributed by atoms with Gasteiger partial charge in [-0.3, -0.25) is 9.69 Å². The Morgan fingerprint density at radius 2 is 2.00 bits per heavy atom. The van der Waals surface area contributed by atoms with Crippen molar-refractivity contribution in [2.24, 2.45) is 0 Å². The minimum Gasteiger partial charge on any atom is -0.297 e. The Bertz CT molecular complexity index is 442. The first kappa shape index (κ1) is 11.9. The van der Waals surface area contributed by atoms with Crippen molar-refractivity contribution in [3.63, 3.8) is 0 Å². The molecule has 0 bridgehead atoms. The fourth-order valence-electron chi connectivity index (χ4n) is 3.58. The largest absolute Gasteiger partial charge is 0.297 e. The smallest absolute Gasteiger partial charge is 0.157 e. The zero-order valence-corrected chi connectivity index (χ0v) is 11.1. The third-order valence-corrected chi connectivity index (χ3v) is 4.72. The highest BCUT2D eigenvalue weighted by Gasteiger charge is 2.50. The summed E-state index contributed by atoms with van der Waals surface area (Å²) in [7, 11) is 0. The summed E-state index contributed by atoms with van der Waals surface area (Å²) in [6.45, 7) is 3.32. The van der Waals surface area contributed by atoms with Crippen LogP contribution in [0.15, 0.2) is 30.3 Å². The highest BCUT2D eigenvalue weighted by molar-refractivity contribution is 5.90. The molecule has 2 atom stereocenters. The summed E-state index contributed by atoms with van der Waals surface area (Å²) in [6, 6.07) is 11.0. The summed E-state index contributed by atoms with van der Waals surface area (Å²) in [4.78, 5) is 15.1. The van der Waals surface area contributed by atoms with Crippen LogP contribution in [0.25, 0.3) is 0 Å². The number of likely N-dealkylation sites (tertiary alicyclic amines) is 1. The van der Waals surface area contributed by atoms with Crippen LogP contribution >= 0.6 is 0 Å². The third kappa shape index (κ3) is 1.63. The number of nitrogens with zero attached hydrogens (tertiary/aromatic N) is 1. The molecular weight excluding hydrogens is 222 g/mol. The molecule has 0 spiro atoms. The molecule has 0 radical (unpaired) electrons. The van der Waals surface area contributed by atoms with E-state index in [0.717, 1.165) is 25.8 Å². The van der Waals surface area contributed by atoms with E-state index in [1.807, 2.05) is 6.07 Å². The van der Waals surface area contributed by atoms with E-state index < -0.39 is 0 Å². The first-order valence-corrected chi connectivity index (χ1v) is 7.11. The number of hydrogen-bond donors (Lipinski definition) is 0. The molecule has 1 saturated carbocycles. The average molecular weight is 243 g/mol. The molecule has 0 amide bonds. The van der Waals surface area contributed by atoms with Gasteiger partial charge in [-0.2, -0.15) is 0 Å². The SMILES string of the molecule is CC1CCN1[C@]1(c2ccccc2)CCCCC1=O. The minimum absolute atomic E-state index is 0.308. The number of hydrogen-bond acceptors (Lipinski definition) is 2. The van der Waals surface area contributed by atoms with E-state index in [9.17, 15) is 4.79 Å². The van der Waals surface area contributed by atoms with E-state index >= 15 is 0 Å². The van der Waals surface area contributed by atoms with Gasteiger partial charge in [-0.05, 0) is 31.7 Å². The van der Waals surface area contributed by atoms with Gasteiger partial charge in [0.15, 0.2) is 5.78 Å². The number of carbonyl (C=O) groups is 1. The van der Waals surface area contributed by atoms with Gasteiger partial charge in [-0.25, -0.2) is 0 Å². The summed E-state index contributed by atoms with van der Waals surface area (Å²) in [5, 5.41) is 0. The van der Waals surface area contributed by atoms with Crippen LogP contribution in [0.4, 0.5) is 0 Å². The maximum absolute atomic E-state index is 12.7. The van der Waals surface area contributed by atoms with Crippen molar-refractivity contribution in [1.82, 2.24) is 4.90 Å². The molecule has 96 valence electrons. The number of ketones is 1. The Morgan fingerprint density at radius 1 is 1.22 bits per heavy atom. The molecule has 1 aromatic carbocycles. The van der Waals surface area contributed by atoms with Gasteiger partial charge in [-0.1, -0.05) is 36.8 Å². The molecule has 1 saturated heterocycles. The summed E-state index contributed by atoms with van der Waals surface area (Å²) in [5.41, 5.74) is 0.901. The fraction of sp³-hybridized carbons (Fsp3) is 0.562. The average Bonchev–Trinajstić information content (AvgIpc) is 2.40. The fourth-order valence-corrected chi connectivity index (χ4v) is 3.58. The first-order chi connectivity index (χ1) is 8.75. The van der Waals surface area contributed by atoms with Gasteiger partial charge in [0.2, 0.25) is 0 Å². The van der Waals surface area contributed by atoms with Crippen molar-refractivity contribution in [3.05, 3.63) is 35.9 Å². The van der Waals surface area contributed by atoms with Crippen molar-refractivity contribution in [2.75, 3.05) is 6.54 Å². The molecular formula is C16H21NO. The maximum Gasteiger partial charge on any atom is 0.157 e. The molecule has 1 aliphatic carbocycles. The maximum atomic E-state index is 12.7. The number of Topliss-reactive ketones (excluding diaryl/α,β-unsaturated/α-hetero) is 1. The summed E-state index contributed by atoms with van der Waals surface area (Å²) >= 11 is 0. The summed E-state index contributed by atoms with van der Waals surface area (Å²) in [5.74, 6) is 0.437. The lowest BCUT2D eigenvalue weighted by Crippen LogP contribution is -2.62. The first-order valence-electron chi connectivity index (χ1n) is 7.11. The van der Waals surface area contributed by atoms with E-state index in [0.29, 0.717) is 11.8 Å². The van der Waals surface area contributed by atoms with Crippen molar-refractivity contribution in [3.8, 4) is 0 Å². The molecule has 3 rings (SSSR count). The van der Waals surface area contributed by atoms with E-state index in [-0.39, 0.29) is 5.54 Å². The topological polar surface area (TPSA) is 20.3 Å². The van der Waals surface area contributed by atoms with Crippen molar-refractivity contribution < 1.29 is 4.79 Å². The van der Waals surface area contributed by atoms with E-state index in [4.69, 9.17) is 0 Å². The van der Waals surface area contributed by atoms with Crippen LogP contribution in [0.1, 0.15) is 44.6 Å². The van der Waals surface area contributed by atoms with Crippen LogP contribution in [0.3, 0.4) is 0 Å². The molecule has 1 aliphatic heterocycles. The molecule has 18 heavy (non-hydrogen) atoms. The van der Waals surface area contributed by atoms with Gasteiger partial charge in [0, 0.05) is 19.0 Å². The lowest BCUT2D eigenvalue weighted by molar-refractivity contribution is -0.143. The second-order valence-corrected chi connectivity index (χ2v) is 5.69. The van der Waals surface area contributed by atoms with E-state index in [1.54, 1.807) is 0 Å². The van der Waals surface area contributed by atoms with Crippen LogP contribution in [0.5, 0.6) is 0 Å². The Morgan fingerprint density at radius 3 is 2.56 bits per heavy atom. The number of rotatable bonds is 2. The highest BCUT2D eigenvalue weighted by Crippen LogP contribution is 2.44. The number of carbonyl (C=O) groups excluding carboxylic acids is 1. The van der Waals surface area contributed by atoms with Crippen molar-refractivity contribution in [1.29, 1.82) is 0 Å². The van der Waals surface area contributed by atoms with E-state index in [1.165, 1.54) is 18.4 Å². The van der Waals surface area contributed by atoms with Crippen molar-refractivity contribution >= 4 is 5.78 Å². The van der Waals surface area contributed by atoms with Crippen LogP contribution in [-0.2, 0) is 10.3 Å². The van der Waals surface area contributed by atoms with Gasteiger partial charge in [-0.15, -0.1) is 0 Å². The second-order valence-electron chi connectivity index (χ2n) is 5.69. The molecule has 2 aliphatic rings. The lowest BCUT2D eigenvalue weighted by Gasteiger charge is -2.53. The standard InChI is InChI=1S/C16H21NO/c1-13-10-12-17(13)16(11-6-5-9-15(16)18)14-7-3-2-4-8-14/h2-4,7-8,13H,5-6,9-12H2,1H3/t13?,16-/m0/s1. The predicted octanol–water partition coefficient (Wildman–Crippen LogP) is 3.12. The minimum atomic E-state index is -0.308. The molecule has 1 heterocycles. The summed E-state index contributed by atoms with van der Waals surface area (Å²) < 4.78 is 0. The molecule has 2 heteroatoms. The molecule has 0 aromatic heterocycles. The summed E-state index contributed by atoms with van der Waals surface area (Å²) in [6.07, 6.45) is 5.21. The zero-order chi connectivity index (χ0) is 12.6. The molecule has 2 fully saturated rings. The zero-order valence-electron chi connectivity index (χ0n) is 11.1. The Labute approximate surface area is 109 Å². The van der Waals surface area contributed by atoms with Crippen LogP contribution in [0.2, 0.25) is 0 Å². The molecule has 2 nitrogen and oxygen atoms in total. The normalized spacial score (nSPS) is 33.2. The second kappa shape index (κ2) is 4.51. The van der Waals surface area contributed by atoms with Gasteiger partial charge in [0.25, 0.3) is 0 Å². The third-order valence-electron chi connectivity index (χ3n) is 4.72. The van der Waals surface area contributed by atoms with Gasteiger partial charge in [0.1, 0.15) is 5.54 Å². The van der Waals surface area contributed by atoms with Crippen LogP contribution in [-0.4, -0.2) is 23.3 Å². The Kier molecular flexibility index (Phi) is 2.98. The highest BCUT2D eigenvalue weighted by atomic mass is 16.1.